The van der Waals surface area contributed by atoms with Crippen LogP contribution in [0.4, 0.5) is 0 Å². The molecule has 23 heavy (non-hydrogen) atoms. The minimum Gasteiger partial charge on any atom is -0.411 e. The Morgan fingerprint density at radius 2 is 2.13 bits per heavy atom. The smallest absolute Gasteiger partial charge is 0.134 e. The van der Waals surface area contributed by atoms with E-state index in [0.717, 1.165) is 37.8 Å². The van der Waals surface area contributed by atoms with Crippen molar-refractivity contribution >= 4 is 5.71 Å². The first kappa shape index (κ1) is 14.8. The van der Waals surface area contributed by atoms with Crippen molar-refractivity contribution in [3.63, 3.8) is 0 Å². The second-order valence-electron chi connectivity index (χ2n) is 7.61. The van der Waals surface area contributed by atoms with Crippen molar-refractivity contribution in [2.75, 3.05) is 0 Å². The highest BCUT2D eigenvalue weighted by Crippen LogP contribution is 2.60. The third kappa shape index (κ3) is 1.85. The molecule has 0 aliphatic heterocycles. The normalized spacial score (nSPS) is 43.5. The number of fused-ring (bicyclic) bond motifs is 4. The van der Waals surface area contributed by atoms with Crippen LogP contribution in [0.5, 0.6) is 0 Å². The van der Waals surface area contributed by atoms with Crippen molar-refractivity contribution in [1.29, 1.82) is 0 Å². The Morgan fingerprint density at radius 3 is 2.87 bits per heavy atom. The van der Waals surface area contributed by atoms with Crippen LogP contribution in [0, 0.1) is 29.6 Å². The summed E-state index contributed by atoms with van der Waals surface area (Å²) in [7, 11) is 0. The topological polar surface area (TPSA) is 52.8 Å². The van der Waals surface area contributed by atoms with E-state index >= 15 is 0 Å². The van der Waals surface area contributed by atoms with E-state index in [-0.39, 0.29) is 5.41 Å². The number of rotatable bonds is 0. The van der Waals surface area contributed by atoms with Gasteiger partial charge < -0.3 is 10.3 Å². The van der Waals surface area contributed by atoms with E-state index in [1.165, 1.54) is 16.7 Å². The molecule has 2 N–H and O–H groups in total. The summed E-state index contributed by atoms with van der Waals surface area (Å²) in [6, 6.07) is 0. The summed E-state index contributed by atoms with van der Waals surface area (Å²) in [6.45, 7) is 2.13. The largest absolute Gasteiger partial charge is 0.411 e. The molecule has 0 aromatic heterocycles. The van der Waals surface area contributed by atoms with Crippen LogP contribution >= 0.6 is 0 Å². The van der Waals surface area contributed by atoms with Crippen LogP contribution in [0.25, 0.3) is 0 Å². The van der Waals surface area contributed by atoms with Crippen LogP contribution in [-0.4, -0.2) is 21.6 Å². The molecule has 4 rings (SSSR count). The van der Waals surface area contributed by atoms with Crippen LogP contribution in [0.3, 0.4) is 0 Å². The maximum atomic E-state index is 10.9. The summed E-state index contributed by atoms with van der Waals surface area (Å²) in [6.07, 6.45) is 17.7. The number of aliphatic hydroxyl groups is 1. The zero-order valence-electron chi connectivity index (χ0n) is 13.5. The zero-order valence-corrected chi connectivity index (χ0v) is 13.5. The van der Waals surface area contributed by atoms with Crippen molar-refractivity contribution in [3.8, 4) is 12.3 Å². The van der Waals surface area contributed by atoms with Gasteiger partial charge in [0.05, 0.1) is 5.71 Å². The fourth-order valence-electron chi connectivity index (χ4n) is 5.35. The van der Waals surface area contributed by atoms with Gasteiger partial charge in [0.1, 0.15) is 5.60 Å². The Bertz CT molecular complexity index is 720. The van der Waals surface area contributed by atoms with E-state index in [2.05, 4.69) is 36.2 Å². The van der Waals surface area contributed by atoms with Crippen molar-refractivity contribution in [1.82, 2.24) is 0 Å². The van der Waals surface area contributed by atoms with Gasteiger partial charge in [-0.2, -0.15) is 0 Å². The van der Waals surface area contributed by atoms with Crippen LogP contribution in [0.1, 0.15) is 45.4 Å². The van der Waals surface area contributed by atoms with E-state index in [1.54, 1.807) is 0 Å². The van der Waals surface area contributed by atoms with E-state index in [0.29, 0.717) is 18.3 Å². The molecule has 0 aromatic carbocycles. The van der Waals surface area contributed by atoms with Crippen molar-refractivity contribution in [2.24, 2.45) is 22.4 Å². The molecule has 4 aliphatic carbocycles. The van der Waals surface area contributed by atoms with Crippen LogP contribution in [-0.2, 0) is 0 Å². The number of allylic oxidation sites excluding steroid dienone is 5. The van der Waals surface area contributed by atoms with Crippen LogP contribution in [0.15, 0.2) is 40.1 Å². The van der Waals surface area contributed by atoms with Gasteiger partial charge in [-0.3, -0.25) is 0 Å². The molecule has 1 saturated carbocycles. The lowest BCUT2D eigenvalue weighted by Crippen LogP contribution is -2.46. The maximum absolute atomic E-state index is 10.9. The molecular weight excluding hydrogens is 286 g/mol. The average molecular weight is 309 g/mol. The lowest BCUT2D eigenvalue weighted by Gasteiger charge is -2.47. The Morgan fingerprint density at radius 1 is 1.30 bits per heavy atom. The average Bonchev–Trinajstić information content (AvgIpc) is 2.86. The first-order valence-corrected chi connectivity index (χ1v) is 8.57. The molecule has 0 aromatic rings. The van der Waals surface area contributed by atoms with Gasteiger partial charge in [0.15, 0.2) is 0 Å². The van der Waals surface area contributed by atoms with Crippen molar-refractivity contribution in [3.05, 3.63) is 34.9 Å². The number of nitrogens with zero attached hydrogens (tertiary/aromatic N) is 1. The quantitative estimate of drug-likeness (QED) is 0.408. The number of hydrogen-bond donors (Lipinski definition) is 2. The summed E-state index contributed by atoms with van der Waals surface area (Å²) in [5.74, 6) is 3.59. The Kier molecular flexibility index (Phi) is 3.12. The van der Waals surface area contributed by atoms with Gasteiger partial charge in [-0.15, -0.1) is 6.42 Å². The first-order chi connectivity index (χ1) is 11.0. The molecule has 0 radical (unpaired) electrons. The van der Waals surface area contributed by atoms with E-state index in [1.807, 2.05) is 0 Å². The molecule has 0 saturated heterocycles. The van der Waals surface area contributed by atoms with Crippen LogP contribution < -0.4 is 0 Å². The van der Waals surface area contributed by atoms with Gasteiger partial charge in [0, 0.05) is 5.41 Å². The zero-order chi connectivity index (χ0) is 16.2. The minimum atomic E-state index is -1.01. The SMILES string of the molecule is C#C[C@]1(O)CC[C@H]2[C@@H]3CCC4=CC(=NO)CCC4=C3C=C[C@@]21C. The van der Waals surface area contributed by atoms with Gasteiger partial charge >= 0.3 is 0 Å². The molecule has 3 heteroatoms. The molecule has 0 heterocycles. The molecule has 0 amide bonds. The summed E-state index contributed by atoms with van der Waals surface area (Å²) in [4.78, 5) is 0. The highest BCUT2D eigenvalue weighted by Gasteiger charge is 2.58. The second-order valence-corrected chi connectivity index (χ2v) is 7.61. The first-order valence-electron chi connectivity index (χ1n) is 8.57. The lowest BCUT2D eigenvalue weighted by molar-refractivity contribution is -0.000325. The molecule has 120 valence electrons. The lowest BCUT2D eigenvalue weighted by atomic mass is 9.58. The minimum absolute atomic E-state index is 0.315. The summed E-state index contributed by atoms with van der Waals surface area (Å²) < 4.78 is 0. The third-order valence-electron chi connectivity index (χ3n) is 6.77. The van der Waals surface area contributed by atoms with Gasteiger partial charge in [-0.1, -0.05) is 30.2 Å². The molecule has 0 spiro atoms. The third-order valence-corrected chi connectivity index (χ3v) is 6.77. The molecule has 4 atom stereocenters. The number of hydrogen-bond acceptors (Lipinski definition) is 3. The predicted molar refractivity (Wildman–Crippen MR) is 90.0 cm³/mol. The number of oxime groups is 1. The molecule has 3 nitrogen and oxygen atoms in total. The summed E-state index contributed by atoms with van der Waals surface area (Å²) in [5.41, 5.74) is 3.66. The molecule has 1 fully saturated rings. The summed E-state index contributed by atoms with van der Waals surface area (Å²) in [5, 5.41) is 23.3. The van der Waals surface area contributed by atoms with Gasteiger partial charge in [0.25, 0.3) is 0 Å². The van der Waals surface area contributed by atoms with E-state index in [9.17, 15) is 5.11 Å². The fraction of sp³-hybridized carbons (Fsp3) is 0.550. The van der Waals surface area contributed by atoms with Gasteiger partial charge in [-0.05, 0) is 73.2 Å². The summed E-state index contributed by atoms with van der Waals surface area (Å²) >= 11 is 0. The highest BCUT2D eigenvalue weighted by molar-refractivity contribution is 5.97. The molecule has 0 unspecified atom stereocenters. The Balaban J connectivity index is 1.81. The standard InChI is InChI=1S/C20H23NO2/c1-3-20(22)11-9-18-17-6-4-13-12-14(21-23)5-7-15(13)16(17)8-10-19(18,20)2/h1,8,10,12,17-18,22-23H,4-7,9,11H2,2H3/t17-,18+,19+,20+/m1/s1. The molecular formula is C20H23NO2. The van der Waals surface area contributed by atoms with E-state index in [4.69, 9.17) is 11.6 Å². The van der Waals surface area contributed by atoms with Crippen LogP contribution in [0.2, 0.25) is 0 Å². The predicted octanol–water partition coefficient (Wildman–Crippen LogP) is 3.59. The second kappa shape index (κ2) is 4.85. The van der Waals surface area contributed by atoms with Gasteiger partial charge in [-0.25, -0.2) is 0 Å². The monoisotopic (exact) mass is 309 g/mol. The van der Waals surface area contributed by atoms with Gasteiger partial charge in [0.2, 0.25) is 0 Å². The van der Waals surface area contributed by atoms with Crippen molar-refractivity contribution in [2.45, 2.75) is 51.0 Å². The number of terminal acetylenes is 1. The molecule has 0 bridgehead atoms. The van der Waals surface area contributed by atoms with Crippen molar-refractivity contribution < 1.29 is 10.3 Å². The molecule has 4 aliphatic rings. The highest BCUT2D eigenvalue weighted by atomic mass is 16.4. The fourth-order valence-corrected chi connectivity index (χ4v) is 5.35. The Hall–Kier alpha value is -1.79. The maximum Gasteiger partial charge on any atom is 0.134 e. The van der Waals surface area contributed by atoms with E-state index < -0.39 is 5.60 Å². The Labute approximate surface area is 137 Å².